The van der Waals surface area contributed by atoms with Crippen LogP contribution in [0.3, 0.4) is 0 Å². The van der Waals surface area contributed by atoms with E-state index >= 15 is 0 Å². The summed E-state index contributed by atoms with van der Waals surface area (Å²) in [7, 11) is 1.67. The number of nitrogens with one attached hydrogen (secondary N) is 1. The van der Waals surface area contributed by atoms with E-state index in [0.29, 0.717) is 32.5 Å². The molecule has 0 bridgehead atoms. The molecule has 1 aliphatic rings. The zero-order chi connectivity index (χ0) is 13.8. The third-order valence-corrected chi connectivity index (χ3v) is 3.98. The van der Waals surface area contributed by atoms with Crippen LogP contribution in [0.4, 0.5) is 0 Å². The number of alkyl halides is 1. The van der Waals surface area contributed by atoms with Gasteiger partial charge in [-0.1, -0.05) is 0 Å². The summed E-state index contributed by atoms with van der Waals surface area (Å²) in [5, 5.41) is 3.55. The number of halogens is 1. The summed E-state index contributed by atoms with van der Waals surface area (Å²) in [5.41, 5.74) is 0. The first kappa shape index (κ1) is 17.2. The Labute approximate surface area is 122 Å². The van der Waals surface area contributed by atoms with Gasteiger partial charge in [0.05, 0.1) is 33.0 Å². The molecule has 0 aromatic carbocycles. The summed E-state index contributed by atoms with van der Waals surface area (Å²) in [5.74, 6) is 1.55. The second kappa shape index (κ2) is 11.9. The van der Waals surface area contributed by atoms with E-state index in [-0.39, 0.29) is 0 Å². The second-order valence-corrected chi connectivity index (χ2v) is 5.35. The Kier molecular flexibility index (Phi) is 10.8. The van der Waals surface area contributed by atoms with Crippen molar-refractivity contribution in [2.24, 2.45) is 5.92 Å². The van der Waals surface area contributed by atoms with Crippen molar-refractivity contribution in [1.29, 1.82) is 0 Å². The van der Waals surface area contributed by atoms with E-state index in [1.54, 1.807) is 7.11 Å². The number of rotatable bonds is 11. The van der Waals surface area contributed by atoms with Gasteiger partial charge in [0, 0.05) is 25.6 Å². The lowest BCUT2D eigenvalue weighted by molar-refractivity contribution is 0.0250. The molecule has 19 heavy (non-hydrogen) atoms. The van der Waals surface area contributed by atoms with Crippen molar-refractivity contribution in [3.63, 3.8) is 0 Å². The molecule has 114 valence electrons. The van der Waals surface area contributed by atoms with Gasteiger partial charge in [0.2, 0.25) is 0 Å². The summed E-state index contributed by atoms with van der Waals surface area (Å²) < 4.78 is 15.7. The number of hydrogen-bond acceptors (Lipinski definition) is 4. The third kappa shape index (κ3) is 8.82. The van der Waals surface area contributed by atoms with Gasteiger partial charge in [-0.15, -0.1) is 11.6 Å². The topological polar surface area (TPSA) is 39.7 Å². The van der Waals surface area contributed by atoms with Crippen LogP contribution in [-0.4, -0.2) is 58.6 Å². The van der Waals surface area contributed by atoms with Gasteiger partial charge < -0.3 is 19.5 Å². The minimum absolute atomic E-state index is 0.641. The highest BCUT2D eigenvalue weighted by Gasteiger charge is 2.19. The first-order valence-corrected chi connectivity index (χ1v) is 7.84. The highest BCUT2D eigenvalue weighted by molar-refractivity contribution is 6.18. The Morgan fingerprint density at radius 2 is 1.58 bits per heavy atom. The lowest BCUT2D eigenvalue weighted by Gasteiger charge is -2.28. The minimum Gasteiger partial charge on any atom is -0.382 e. The van der Waals surface area contributed by atoms with Crippen LogP contribution in [0.1, 0.15) is 25.7 Å². The maximum absolute atomic E-state index is 5.87. The van der Waals surface area contributed by atoms with Crippen LogP contribution in [0.25, 0.3) is 0 Å². The fourth-order valence-electron chi connectivity index (χ4n) is 2.32. The molecule has 0 radical (unpaired) electrons. The van der Waals surface area contributed by atoms with E-state index in [2.05, 4.69) is 5.32 Å². The highest BCUT2D eigenvalue weighted by atomic mass is 35.5. The molecular formula is C14H28ClNO3. The highest BCUT2D eigenvalue weighted by Crippen LogP contribution is 2.24. The molecule has 0 aromatic heterocycles. The molecule has 1 fully saturated rings. The molecule has 0 aromatic rings. The van der Waals surface area contributed by atoms with E-state index in [4.69, 9.17) is 25.8 Å². The smallest absolute Gasteiger partial charge is 0.0701 e. The monoisotopic (exact) mass is 293 g/mol. The third-order valence-electron chi connectivity index (χ3n) is 3.55. The predicted molar refractivity (Wildman–Crippen MR) is 78.0 cm³/mol. The quantitative estimate of drug-likeness (QED) is 0.467. The molecule has 0 atom stereocenters. The van der Waals surface area contributed by atoms with Gasteiger partial charge in [0.15, 0.2) is 0 Å². The average Bonchev–Trinajstić information content (AvgIpc) is 2.46. The van der Waals surface area contributed by atoms with Crippen molar-refractivity contribution in [2.45, 2.75) is 31.7 Å². The molecular weight excluding hydrogens is 266 g/mol. The van der Waals surface area contributed by atoms with Gasteiger partial charge >= 0.3 is 0 Å². The number of ether oxygens (including phenoxy) is 3. The lowest BCUT2D eigenvalue weighted by Crippen LogP contribution is -2.35. The van der Waals surface area contributed by atoms with Crippen LogP contribution in [0.15, 0.2) is 0 Å². The second-order valence-electron chi connectivity index (χ2n) is 5.04. The van der Waals surface area contributed by atoms with E-state index in [1.165, 1.54) is 25.7 Å². The molecule has 1 N–H and O–H groups in total. The van der Waals surface area contributed by atoms with Crippen molar-refractivity contribution in [1.82, 2.24) is 5.32 Å². The molecule has 0 saturated heterocycles. The standard InChI is InChI=1S/C14H28ClNO3/c1-17-8-9-19-11-10-18-7-6-16-14-4-2-13(12-15)3-5-14/h13-14,16H,2-12H2,1H3. The zero-order valence-electron chi connectivity index (χ0n) is 12.0. The van der Waals surface area contributed by atoms with Crippen molar-refractivity contribution < 1.29 is 14.2 Å². The van der Waals surface area contributed by atoms with Gasteiger partial charge in [0.25, 0.3) is 0 Å². The molecule has 0 aliphatic heterocycles. The van der Waals surface area contributed by atoms with E-state index < -0.39 is 0 Å². The SMILES string of the molecule is COCCOCCOCCNC1CCC(CCl)CC1. The fourth-order valence-corrected chi connectivity index (χ4v) is 2.63. The van der Waals surface area contributed by atoms with Gasteiger partial charge in [-0.2, -0.15) is 0 Å². The molecule has 1 saturated carbocycles. The van der Waals surface area contributed by atoms with Crippen molar-refractivity contribution in [3.8, 4) is 0 Å². The fraction of sp³-hybridized carbons (Fsp3) is 1.00. The van der Waals surface area contributed by atoms with Crippen LogP contribution in [0.2, 0.25) is 0 Å². The van der Waals surface area contributed by atoms with E-state index in [1.807, 2.05) is 0 Å². The van der Waals surface area contributed by atoms with Gasteiger partial charge in [-0.05, 0) is 31.6 Å². The molecule has 5 heteroatoms. The number of methoxy groups -OCH3 is 1. The molecule has 0 heterocycles. The van der Waals surface area contributed by atoms with Crippen molar-refractivity contribution >= 4 is 11.6 Å². The van der Waals surface area contributed by atoms with Crippen LogP contribution < -0.4 is 5.32 Å². The Balaban J connectivity index is 1.81. The summed E-state index contributed by atoms with van der Waals surface area (Å²) >= 11 is 5.87. The predicted octanol–water partition coefficient (Wildman–Crippen LogP) is 2.05. The van der Waals surface area contributed by atoms with Crippen LogP contribution in [-0.2, 0) is 14.2 Å². The van der Waals surface area contributed by atoms with E-state index in [9.17, 15) is 0 Å². The average molecular weight is 294 g/mol. The largest absolute Gasteiger partial charge is 0.382 e. The summed E-state index contributed by atoms with van der Waals surface area (Å²) in [6.07, 6.45) is 5.01. The Morgan fingerprint density at radius 3 is 2.21 bits per heavy atom. The Bertz CT molecular complexity index is 199. The van der Waals surface area contributed by atoms with Crippen LogP contribution in [0, 0.1) is 5.92 Å². The maximum atomic E-state index is 5.87. The van der Waals surface area contributed by atoms with Crippen LogP contribution >= 0.6 is 11.6 Å². The van der Waals surface area contributed by atoms with Gasteiger partial charge in [-0.3, -0.25) is 0 Å². The Hall–Kier alpha value is 0.130. The first-order valence-electron chi connectivity index (χ1n) is 7.30. The van der Waals surface area contributed by atoms with E-state index in [0.717, 1.165) is 24.9 Å². The molecule has 0 spiro atoms. The minimum atomic E-state index is 0.641. The maximum Gasteiger partial charge on any atom is 0.0701 e. The normalized spacial score (nSPS) is 23.7. The van der Waals surface area contributed by atoms with Crippen molar-refractivity contribution in [3.05, 3.63) is 0 Å². The molecule has 0 amide bonds. The van der Waals surface area contributed by atoms with Gasteiger partial charge in [-0.25, -0.2) is 0 Å². The molecule has 4 nitrogen and oxygen atoms in total. The summed E-state index contributed by atoms with van der Waals surface area (Å²) in [6, 6.07) is 0.654. The van der Waals surface area contributed by atoms with Gasteiger partial charge in [0.1, 0.15) is 0 Å². The summed E-state index contributed by atoms with van der Waals surface area (Å²) in [6.45, 7) is 4.26. The number of hydrogen-bond donors (Lipinski definition) is 1. The lowest BCUT2D eigenvalue weighted by atomic mass is 9.87. The van der Waals surface area contributed by atoms with Crippen LogP contribution in [0.5, 0.6) is 0 Å². The first-order chi connectivity index (χ1) is 9.36. The summed E-state index contributed by atoms with van der Waals surface area (Å²) in [4.78, 5) is 0. The van der Waals surface area contributed by atoms with Crippen molar-refractivity contribution in [2.75, 3.05) is 52.6 Å². The zero-order valence-corrected chi connectivity index (χ0v) is 12.8. The molecule has 0 unspecified atom stereocenters. The Morgan fingerprint density at radius 1 is 0.947 bits per heavy atom. The molecule has 1 aliphatic carbocycles. The molecule has 1 rings (SSSR count).